The van der Waals surface area contributed by atoms with Crippen molar-refractivity contribution in [2.75, 3.05) is 26.4 Å². The summed E-state index contributed by atoms with van der Waals surface area (Å²) in [5.74, 6) is 0. The van der Waals surface area contributed by atoms with E-state index in [1.54, 1.807) is 0 Å². The van der Waals surface area contributed by atoms with Gasteiger partial charge in [0.25, 0.3) is 0 Å². The van der Waals surface area contributed by atoms with Crippen LogP contribution in [0.3, 0.4) is 0 Å². The van der Waals surface area contributed by atoms with E-state index in [0.717, 1.165) is 0 Å². The van der Waals surface area contributed by atoms with E-state index in [-0.39, 0.29) is 26.4 Å². The Morgan fingerprint density at radius 1 is 1.10 bits per heavy atom. The molecule has 1 atom stereocenters. The van der Waals surface area contributed by atoms with Crippen LogP contribution in [-0.4, -0.2) is 42.7 Å². The van der Waals surface area contributed by atoms with Gasteiger partial charge in [0.05, 0.1) is 26.4 Å². The van der Waals surface area contributed by atoms with Gasteiger partial charge in [0.1, 0.15) is 0 Å². The molecule has 0 saturated carbocycles. The van der Waals surface area contributed by atoms with Crippen molar-refractivity contribution in [2.24, 2.45) is 0 Å². The monoisotopic (exact) mass is 168 g/mol. The van der Waals surface area contributed by atoms with E-state index in [9.17, 15) is 0 Å². The first-order chi connectivity index (χ1) is 4.81. The van der Waals surface area contributed by atoms with Crippen LogP contribution in [-0.2, 0) is 9.47 Å². The first-order valence-electron chi connectivity index (χ1n) is 3.01. The fraction of sp³-hybridized carbons (Fsp3) is 1.00. The summed E-state index contributed by atoms with van der Waals surface area (Å²) in [7, 11) is 2.29. The minimum atomic E-state index is -0.431. The predicted molar refractivity (Wildman–Crippen MR) is 39.6 cm³/mol. The molecule has 0 fully saturated rings. The lowest BCUT2D eigenvalue weighted by molar-refractivity contribution is -0.0967. The highest BCUT2D eigenvalue weighted by atomic mass is 31.0. The van der Waals surface area contributed by atoms with Gasteiger partial charge in [-0.25, -0.2) is 0 Å². The smallest absolute Gasteiger partial charge is 0.170 e. The largest absolute Gasteiger partial charge is 0.394 e. The molecule has 0 bridgehead atoms. The molecule has 10 heavy (non-hydrogen) atoms. The second kappa shape index (κ2) is 7.38. The Hall–Kier alpha value is 0.270. The third-order valence-corrected chi connectivity index (χ3v) is 1.13. The van der Waals surface area contributed by atoms with Crippen LogP contribution in [0.4, 0.5) is 0 Å². The fourth-order valence-corrected chi connectivity index (χ4v) is 0.658. The molecule has 5 heteroatoms. The molecule has 0 heterocycles. The van der Waals surface area contributed by atoms with Crippen molar-refractivity contribution in [3.05, 3.63) is 0 Å². The van der Waals surface area contributed by atoms with Crippen molar-refractivity contribution in [2.45, 2.75) is 6.03 Å². The number of aliphatic hydroxyl groups is 2. The van der Waals surface area contributed by atoms with E-state index >= 15 is 0 Å². The molecule has 0 aromatic heterocycles. The summed E-state index contributed by atoms with van der Waals surface area (Å²) in [6.07, 6.45) is 0. The van der Waals surface area contributed by atoms with Gasteiger partial charge < -0.3 is 19.7 Å². The highest BCUT2D eigenvalue weighted by Crippen LogP contribution is 2.02. The van der Waals surface area contributed by atoms with Crippen molar-refractivity contribution >= 4 is 9.24 Å². The van der Waals surface area contributed by atoms with Crippen LogP contribution in [0, 0.1) is 0 Å². The standard InChI is InChI=1S/C5H13O4P/c6-1-3-8-5(10)9-4-2-7/h5-7H,1-4,10H2. The van der Waals surface area contributed by atoms with Crippen molar-refractivity contribution in [1.29, 1.82) is 0 Å². The molecule has 2 N–H and O–H groups in total. The van der Waals surface area contributed by atoms with Crippen LogP contribution in [0.2, 0.25) is 0 Å². The molecule has 0 aliphatic heterocycles. The maximum atomic E-state index is 8.30. The lowest BCUT2D eigenvalue weighted by Crippen LogP contribution is -2.14. The SMILES string of the molecule is OCCOC(P)OCCO. The van der Waals surface area contributed by atoms with Crippen molar-refractivity contribution in [3.63, 3.8) is 0 Å². The zero-order valence-electron chi connectivity index (χ0n) is 5.69. The number of hydrogen-bond donors (Lipinski definition) is 2. The van der Waals surface area contributed by atoms with E-state index in [1.807, 2.05) is 0 Å². The Morgan fingerprint density at radius 3 is 1.80 bits per heavy atom. The van der Waals surface area contributed by atoms with E-state index in [2.05, 4.69) is 9.24 Å². The zero-order chi connectivity index (χ0) is 7.82. The van der Waals surface area contributed by atoms with E-state index in [1.165, 1.54) is 0 Å². The van der Waals surface area contributed by atoms with Gasteiger partial charge in [-0.1, -0.05) is 9.24 Å². The molecule has 4 nitrogen and oxygen atoms in total. The van der Waals surface area contributed by atoms with Gasteiger partial charge in [-0.15, -0.1) is 0 Å². The topological polar surface area (TPSA) is 58.9 Å². The molecule has 0 saturated heterocycles. The number of aliphatic hydroxyl groups excluding tert-OH is 2. The molecular formula is C5H13O4P. The van der Waals surface area contributed by atoms with E-state index < -0.39 is 6.03 Å². The maximum absolute atomic E-state index is 8.30. The minimum Gasteiger partial charge on any atom is -0.394 e. The third kappa shape index (κ3) is 6.39. The average molecular weight is 168 g/mol. The zero-order valence-corrected chi connectivity index (χ0v) is 6.85. The molecule has 0 aliphatic rings. The third-order valence-electron chi connectivity index (χ3n) is 0.747. The molecule has 0 aromatic rings. The second-order valence-electron chi connectivity index (χ2n) is 1.56. The predicted octanol–water partition coefficient (Wildman–Crippen LogP) is -0.837. The molecule has 0 amide bonds. The van der Waals surface area contributed by atoms with E-state index in [0.29, 0.717) is 0 Å². The van der Waals surface area contributed by atoms with Gasteiger partial charge in [0.2, 0.25) is 0 Å². The highest BCUT2D eigenvalue weighted by molar-refractivity contribution is 7.16. The van der Waals surface area contributed by atoms with Gasteiger partial charge in [0.15, 0.2) is 6.03 Å². The minimum absolute atomic E-state index is 0.0205. The summed E-state index contributed by atoms with van der Waals surface area (Å²) in [5, 5.41) is 16.6. The summed E-state index contributed by atoms with van der Waals surface area (Å²) in [4.78, 5) is 0. The molecule has 0 radical (unpaired) electrons. The summed E-state index contributed by atoms with van der Waals surface area (Å²) >= 11 is 0. The Morgan fingerprint density at radius 2 is 1.50 bits per heavy atom. The maximum Gasteiger partial charge on any atom is 0.170 e. The summed E-state index contributed by atoms with van der Waals surface area (Å²) < 4.78 is 9.75. The van der Waals surface area contributed by atoms with Crippen LogP contribution in [0.5, 0.6) is 0 Å². The van der Waals surface area contributed by atoms with Crippen molar-refractivity contribution in [1.82, 2.24) is 0 Å². The van der Waals surface area contributed by atoms with Crippen LogP contribution >= 0.6 is 9.24 Å². The molecule has 0 aliphatic carbocycles. The van der Waals surface area contributed by atoms with Crippen LogP contribution in [0.1, 0.15) is 0 Å². The van der Waals surface area contributed by atoms with Gasteiger partial charge in [-0.2, -0.15) is 0 Å². The Kier molecular flexibility index (Phi) is 7.58. The average Bonchev–Trinajstić information content (AvgIpc) is 1.97. The molecule has 0 aromatic carbocycles. The normalized spacial score (nSPS) is 10.8. The van der Waals surface area contributed by atoms with Crippen molar-refractivity contribution in [3.8, 4) is 0 Å². The number of rotatable bonds is 6. The van der Waals surface area contributed by atoms with Gasteiger partial charge in [-0.05, 0) is 0 Å². The fourth-order valence-electron chi connectivity index (χ4n) is 0.386. The molecular weight excluding hydrogens is 155 g/mol. The summed E-state index contributed by atoms with van der Waals surface area (Å²) in [5.41, 5.74) is 0. The number of hydrogen-bond acceptors (Lipinski definition) is 4. The lowest BCUT2D eigenvalue weighted by atomic mass is 10.8. The molecule has 1 unspecified atom stereocenters. The molecule has 62 valence electrons. The van der Waals surface area contributed by atoms with E-state index in [4.69, 9.17) is 19.7 Å². The molecule has 0 spiro atoms. The van der Waals surface area contributed by atoms with Crippen LogP contribution in [0.25, 0.3) is 0 Å². The van der Waals surface area contributed by atoms with Crippen LogP contribution in [0.15, 0.2) is 0 Å². The molecule has 0 rings (SSSR count). The number of ether oxygens (including phenoxy) is 2. The quantitative estimate of drug-likeness (QED) is 0.401. The summed E-state index contributed by atoms with van der Waals surface area (Å²) in [6, 6.07) is -0.431. The Bertz CT molecular complexity index is 62.7. The van der Waals surface area contributed by atoms with Gasteiger partial charge >= 0.3 is 0 Å². The highest BCUT2D eigenvalue weighted by Gasteiger charge is 1.98. The Labute approximate surface area is 62.3 Å². The second-order valence-corrected chi connectivity index (χ2v) is 2.10. The lowest BCUT2D eigenvalue weighted by Gasteiger charge is -2.11. The van der Waals surface area contributed by atoms with Gasteiger partial charge in [-0.3, -0.25) is 0 Å². The Balaban J connectivity index is 3.00. The first kappa shape index (κ1) is 10.3. The first-order valence-corrected chi connectivity index (χ1v) is 3.68. The van der Waals surface area contributed by atoms with Crippen molar-refractivity contribution < 1.29 is 19.7 Å². The summed E-state index contributed by atoms with van der Waals surface area (Å²) in [6.45, 7) is 0.458. The van der Waals surface area contributed by atoms with Crippen LogP contribution < -0.4 is 0 Å². The van der Waals surface area contributed by atoms with Gasteiger partial charge in [0, 0.05) is 0 Å².